The number of hydrogen-bond donors (Lipinski definition) is 1. The van der Waals surface area contributed by atoms with Gasteiger partial charge in [0.1, 0.15) is 0 Å². The van der Waals surface area contributed by atoms with E-state index in [1.165, 1.54) is 13.2 Å². The van der Waals surface area contributed by atoms with Gasteiger partial charge < -0.3 is 9.84 Å². The number of ether oxygens (including phenoxy) is 1. The van der Waals surface area contributed by atoms with E-state index in [0.717, 1.165) is 18.4 Å². The lowest BCUT2D eigenvalue weighted by Crippen LogP contribution is -2.24. The molecule has 92 valence electrons. The molecule has 1 fully saturated rings. The van der Waals surface area contributed by atoms with Crippen LogP contribution >= 0.6 is 0 Å². The van der Waals surface area contributed by atoms with E-state index in [1.807, 2.05) is 6.07 Å². The quantitative estimate of drug-likeness (QED) is 0.877. The second-order valence-electron chi connectivity index (χ2n) is 4.53. The number of benzene rings is 1. The summed E-state index contributed by atoms with van der Waals surface area (Å²) in [6.07, 6.45) is 1.88. The molecule has 0 unspecified atom stereocenters. The highest BCUT2D eigenvalue weighted by molar-refractivity contribution is 5.67. The van der Waals surface area contributed by atoms with Crippen molar-refractivity contribution in [2.75, 3.05) is 7.11 Å². The summed E-state index contributed by atoms with van der Waals surface area (Å²) in [6.45, 7) is 0. The minimum Gasteiger partial charge on any atom is -0.494 e. The van der Waals surface area contributed by atoms with Crippen LogP contribution in [0.3, 0.4) is 0 Å². The van der Waals surface area contributed by atoms with E-state index in [4.69, 9.17) is 9.84 Å². The lowest BCUT2D eigenvalue weighted by atomic mass is 9.70. The molecular formula is C13H15FO3. The molecule has 0 amide bonds. The van der Waals surface area contributed by atoms with Crippen molar-refractivity contribution < 1.29 is 19.0 Å². The molecule has 0 spiro atoms. The molecule has 0 radical (unpaired) electrons. The summed E-state index contributed by atoms with van der Waals surface area (Å²) in [6, 6.07) is 4.96. The zero-order valence-corrected chi connectivity index (χ0v) is 9.65. The highest BCUT2D eigenvalue weighted by Crippen LogP contribution is 2.43. The van der Waals surface area contributed by atoms with Crippen LogP contribution in [-0.4, -0.2) is 18.2 Å². The number of carboxylic acids is 1. The average molecular weight is 238 g/mol. The molecule has 1 aliphatic rings. The molecule has 1 aliphatic carbocycles. The Morgan fingerprint density at radius 2 is 2.24 bits per heavy atom. The number of methoxy groups -OCH3 is 1. The van der Waals surface area contributed by atoms with Gasteiger partial charge in [0.05, 0.1) is 7.11 Å². The van der Waals surface area contributed by atoms with Gasteiger partial charge in [0.15, 0.2) is 11.6 Å². The van der Waals surface area contributed by atoms with Gasteiger partial charge in [-0.2, -0.15) is 0 Å². The van der Waals surface area contributed by atoms with E-state index in [2.05, 4.69) is 0 Å². The number of halogens is 1. The van der Waals surface area contributed by atoms with E-state index in [-0.39, 0.29) is 23.9 Å². The molecule has 3 nitrogen and oxygen atoms in total. The molecular weight excluding hydrogens is 223 g/mol. The summed E-state index contributed by atoms with van der Waals surface area (Å²) in [5.41, 5.74) is 0.935. The molecule has 1 aromatic carbocycles. The Morgan fingerprint density at radius 1 is 1.53 bits per heavy atom. The second-order valence-corrected chi connectivity index (χ2v) is 4.53. The van der Waals surface area contributed by atoms with Crippen LogP contribution in [0.15, 0.2) is 18.2 Å². The van der Waals surface area contributed by atoms with Gasteiger partial charge in [-0.15, -0.1) is 0 Å². The Hall–Kier alpha value is -1.58. The SMILES string of the molecule is COc1ccc(C2CC(CC(=O)O)C2)cc1F. The largest absolute Gasteiger partial charge is 0.494 e. The summed E-state index contributed by atoms with van der Waals surface area (Å²) in [5, 5.41) is 8.64. The van der Waals surface area contributed by atoms with Gasteiger partial charge >= 0.3 is 5.97 Å². The van der Waals surface area contributed by atoms with Crippen LogP contribution in [-0.2, 0) is 4.79 Å². The zero-order valence-electron chi connectivity index (χ0n) is 9.65. The van der Waals surface area contributed by atoms with Crippen molar-refractivity contribution in [3.63, 3.8) is 0 Å². The van der Waals surface area contributed by atoms with Crippen molar-refractivity contribution in [3.8, 4) is 5.75 Å². The van der Waals surface area contributed by atoms with Gasteiger partial charge in [-0.1, -0.05) is 6.07 Å². The Morgan fingerprint density at radius 3 is 2.76 bits per heavy atom. The number of carboxylic acid groups (broad SMARTS) is 1. The van der Waals surface area contributed by atoms with Crippen LogP contribution < -0.4 is 4.74 Å². The van der Waals surface area contributed by atoms with E-state index in [1.54, 1.807) is 6.07 Å². The third-order valence-electron chi connectivity index (χ3n) is 3.35. The van der Waals surface area contributed by atoms with Crippen LogP contribution in [0.5, 0.6) is 5.75 Å². The predicted octanol–water partition coefficient (Wildman–Crippen LogP) is 2.80. The first-order valence-corrected chi connectivity index (χ1v) is 5.65. The minimum atomic E-state index is -0.755. The fraction of sp³-hybridized carbons (Fsp3) is 0.462. The maximum absolute atomic E-state index is 13.5. The highest BCUT2D eigenvalue weighted by Gasteiger charge is 2.32. The van der Waals surface area contributed by atoms with Crippen LogP contribution in [0.4, 0.5) is 4.39 Å². The van der Waals surface area contributed by atoms with Crippen molar-refractivity contribution in [1.82, 2.24) is 0 Å². The number of hydrogen-bond acceptors (Lipinski definition) is 2. The Kier molecular flexibility index (Phi) is 3.31. The van der Waals surface area contributed by atoms with Crippen LogP contribution in [0.2, 0.25) is 0 Å². The van der Waals surface area contributed by atoms with Gasteiger partial charge in [-0.3, -0.25) is 4.79 Å². The number of rotatable bonds is 4. The summed E-state index contributed by atoms with van der Waals surface area (Å²) < 4.78 is 18.3. The van der Waals surface area contributed by atoms with Gasteiger partial charge in [-0.25, -0.2) is 4.39 Å². The van der Waals surface area contributed by atoms with E-state index in [0.29, 0.717) is 5.92 Å². The van der Waals surface area contributed by atoms with Crippen molar-refractivity contribution in [2.45, 2.75) is 25.2 Å². The number of aliphatic carboxylic acids is 1. The molecule has 17 heavy (non-hydrogen) atoms. The lowest BCUT2D eigenvalue weighted by Gasteiger charge is -2.34. The van der Waals surface area contributed by atoms with E-state index < -0.39 is 5.97 Å². The first-order valence-electron chi connectivity index (χ1n) is 5.65. The molecule has 4 heteroatoms. The summed E-state index contributed by atoms with van der Waals surface area (Å²) in [7, 11) is 1.43. The van der Waals surface area contributed by atoms with Crippen molar-refractivity contribution in [1.29, 1.82) is 0 Å². The Balaban J connectivity index is 1.97. The normalized spacial score (nSPS) is 22.9. The third-order valence-corrected chi connectivity index (χ3v) is 3.35. The topological polar surface area (TPSA) is 46.5 Å². The number of carbonyl (C=O) groups is 1. The van der Waals surface area contributed by atoms with E-state index in [9.17, 15) is 9.18 Å². The molecule has 0 aromatic heterocycles. The van der Waals surface area contributed by atoms with Crippen molar-refractivity contribution in [3.05, 3.63) is 29.6 Å². The predicted molar refractivity (Wildman–Crippen MR) is 60.7 cm³/mol. The van der Waals surface area contributed by atoms with E-state index >= 15 is 0 Å². The molecule has 1 aromatic rings. The molecule has 0 aliphatic heterocycles. The smallest absolute Gasteiger partial charge is 0.303 e. The monoisotopic (exact) mass is 238 g/mol. The van der Waals surface area contributed by atoms with Crippen LogP contribution in [0.1, 0.15) is 30.7 Å². The van der Waals surface area contributed by atoms with Crippen molar-refractivity contribution in [2.24, 2.45) is 5.92 Å². The molecule has 1 N–H and O–H groups in total. The maximum atomic E-state index is 13.5. The molecule has 1 saturated carbocycles. The van der Waals surface area contributed by atoms with Gasteiger partial charge in [0, 0.05) is 6.42 Å². The molecule has 2 rings (SSSR count). The molecule has 0 saturated heterocycles. The summed E-state index contributed by atoms with van der Waals surface area (Å²) in [5.74, 6) is -0.335. The van der Waals surface area contributed by atoms with Crippen LogP contribution in [0.25, 0.3) is 0 Å². The molecule has 0 bridgehead atoms. The maximum Gasteiger partial charge on any atom is 0.303 e. The Bertz CT molecular complexity index is 425. The highest BCUT2D eigenvalue weighted by atomic mass is 19.1. The molecule has 0 atom stereocenters. The zero-order chi connectivity index (χ0) is 12.4. The first kappa shape index (κ1) is 11.9. The second kappa shape index (κ2) is 4.73. The average Bonchev–Trinajstić information content (AvgIpc) is 2.22. The fourth-order valence-corrected chi connectivity index (χ4v) is 2.36. The third kappa shape index (κ3) is 2.57. The lowest BCUT2D eigenvalue weighted by molar-refractivity contribution is -0.138. The Labute approximate surface area is 99.2 Å². The standard InChI is InChI=1S/C13H15FO3/c1-17-12-3-2-9(7-11(12)14)10-4-8(5-10)6-13(15)16/h2-3,7-8,10H,4-6H2,1H3,(H,15,16). The van der Waals surface area contributed by atoms with Crippen molar-refractivity contribution >= 4 is 5.97 Å². The molecule has 0 heterocycles. The summed E-state index contributed by atoms with van der Waals surface area (Å²) in [4.78, 5) is 10.5. The van der Waals surface area contributed by atoms with Gasteiger partial charge in [-0.05, 0) is 42.4 Å². The fourth-order valence-electron chi connectivity index (χ4n) is 2.36. The first-order chi connectivity index (χ1) is 8.10. The van der Waals surface area contributed by atoms with Crippen LogP contribution in [0, 0.1) is 11.7 Å². The van der Waals surface area contributed by atoms with Gasteiger partial charge in [0.2, 0.25) is 0 Å². The summed E-state index contributed by atoms with van der Waals surface area (Å²) >= 11 is 0. The van der Waals surface area contributed by atoms with Gasteiger partial charge in [0.25, 0.3) is 0 Å². The minimum absolute atomic E-state index is 0.217.